The number of hydrogen-bond donors (Lipinski definition) is 4. The van der Waals surface area contributed by atoms with E-state index in [0.717, 1.165) is 4.47 Å². The van der Waals surface area contributed by atoms with E-state index >= 15 is 0 Å². The molecule has 0 aliphatic heterocycles. The number of aliphatic hydroxyl groups is 3. The van der Waals surface area contributed by atoms with Gasteiger partial charge in [-0.05, 0) is 24.3 Å². The Morgan fingerprint density at radius 3 is 2.52 bits per heavy atom. The van der Waals surface area contributed by atoms with Crippen LogP contribution in [0.15, 0.2) is 48.3 Å². The maximum atomic E-state index is 11.5. The normalized spacial score (nSPS) is 14.5. The van der Waals surface area contributed by atoms with Crippen molar-refractivity contribution in [1.29, 1.82) is 0 Å². The van der Waals surface area contributed by atoms with Crippen LogP contribution in [0.4, 0.5) is 11.4 Å². The minimum Gasteiger partial charge on any atom is -0.394 e. The van der Waals surface area contributed by atoms with Gasteiger partial charge in [-0.15, -0.1) is 5.11 Å². The van der Waals surface area contributed by atoms with Gasteiger partial charge in [0.2, 0.25) is 0 Å². The second kappa shape index (κ2) is 6.76. The molecule has 0 bridgehead atoms. The summed E-state index contributed by atoms with van der Waals surface area (Å²) in [5.74, 6) is 0. The minimum atomic E-state index is -1.54. The molecule has 2 rings (SSSR count). The first-order chi connectivity index (χ1) is 10.0. The molecular formula is C12H12BrN3O5. The lowest BCUT2D eigenvalue weighted by molar-refractivity contribution is -0.0183. The predicted molar refractivity (Wildman–Crippen MR) is 75.7 cm³/mol. The Morgan fingerprint density at radius 2 is 1.90 bits per heavy atom. The highest BCUT2D eigenvalue weighted by molar-refractivity contribution is 9.10. The van der Waals surface area contributed by atoms with Crippen LogP contribution in [0.2, 0.25) is 0 Å². The first-order valence-corrected chi connectivity index (χ1v) is 6.68. The molecule has 21 heavy (non-hydrogen) atoms. The van der Waals surface area contributed by atoms with Gasteiger partial charge in [0.25, 0.3) is 0 Å². The Labute approximate surface area is 126 Å². The first-order valence-electron chi connectivity index (χ1n) is 5.88. The van der Waals surface area contributed by atoms with Crippen molar-refractivity contribution in [2.24, 2.45) is 10.2 Å². The van der Waals surface area contributed by atoms with E-state index in [2.05, 4.69) is 35.8 Å². The molecule has 112 valence electrons. The SMILES string of the molecule is O=c1o[nH]c([C@H](O)[C@@H](O)CO)c1N=Nc1ccc(Br)cc1. The average Bonchev–Trinajstić information content (AvgIpc) is 2.86. The summed E-state index contributed by atoms with van der Waals surface area (Å²) in [6.07, 6.45) is -3.01. The van der Waals surface area contributed by atoms with Crippen molar-refractivity contribution in [3.05, 3.63) is 44.9 Å². The van der Waals surface area contributed by atoms with Crippen molar-refractivity contribution < 1.29 is 19.8 Å². The largest absolute Gasteiger partial charge is 0.394 e. The highest BCUT2D eigenvalue weighted by atomic mass is 79.9. The lowest BCUT2D eigenvalue weighted by Gasteiger charge is -2.13. The first kappa shape index (κ1) is 15.6. The molecule has 8 nitrogen and oxygen atoms in total. The number of aromatic nitrogens is 1. The summed E-state index contributed by atoms with van der Waals surface area (Å²) in [5.41, 5.74) is -0.766. The summed E-state index contributed by atoms with van der Waals surface area (Å²) in [5, 5.41) is 37.7. The number of aromatic amines is 1. The van der Waals surface area contributed by atoms with E-state index in [0.29, 0.717) is 5.69 Å². The van der Waals surface area contributed by atoms with Gasteiger partial charge in [-0.1, -0.05) is 15.9 Å². The zero-order valence-electron chi connectivity index (χ0n) is 10.6. The summed E-state index contributed by atoms with van der Waals surface area (Å²) in [6, 6.07) is 6.83. The van der Waals surface area contributed by atoms with E-state index in [-0.39, 0.29) is 11.4 Å². The Morgan fingerprint density at radius 1 is 1.24 bits per heavy atom. The smallest absolute Gasteiger partial charge is 0.385 e. The predicted octanol–water partition coefficient (Wildman–Crippen LogP) is 1.53. The van der Waals surface area contributed by atoms with Crippen molar-refractivity contribution in [1.82, 2.24) is 5.16 Å². The van der Waals surface area contributed by atoms with Crippen LogP contribution in [0.25, 0.3) is 0 Å². The van der Waals surface area contributed by atoms with E-state index in [1.807, 2.05) is 0 Å². The number of rotatable bonds is 5. The van der Waals surface area contributed by atoms with Gasteiger partial charge in [-0.2, -0.15) is 5.11 Å². The molecule has 0 saturated carbocycles. The minimum absolute atomic E-state index is 0.151. The van der Waals surface area contributed by atoms with Gasteiger partial charge < -0.3 is 19.8 Å². The maximum Gasteiger partial charge on any atom is 0.385 e. The third-order valence-corrected chi connectivity index (χ3v) is 3.17. The Balaban J connectivity index is 2.30. The monoisotopic (exact) mass is 357 g/mol. The van der Waals surface area contributed by atoms with Gasteiger partial charge in [0.1, 0.15) is 17.9 Å². The fraction of sp³-hybridized carbons (Fsp3) is 0.250. The van der Waals surface area contributed by atoms with E-state index < -0.39 is 24.4 Å². The molecule has 2 aromatic rings. The quantitative estimate of drug-likeness (QED) is 0.602. The van der Waals surface area contributed by atoms with Gasteiger partial charge >= 0.3 is 5.63 Å². The molecule has 0 radical (unpaired) electrons. The number of nitrogens with one attached hydrogen (secondary N) is 1. The van der Waals surface area contributed by atoms with Crippen LogP contribution in [0.1, 0.15) is 11.8 Å². The van der Waals surface area contributed by atoms with Crippen LogP contribution >= 0.6 is 15.9 Å². The maximum absolute atomic E-state index is 11.5. The van der Waals surface area contributed by atoms with Gasteiger partial charge in [0.15, 0.2) is 5.69 Å². The van der Waals surface area contributed by atoms with E-state index in [9.17, 15) is 15.0 Å². The third-order valence-electron chi connectivity index (χ3n) is 2.64. The van der Waals surface area contributed by atoms with E-state index in [1.165, 1.54) is 0 Å². The van der Waals surface area contributed by atoms with Crippen molar-refractivity contribution in [2.45, 2.75) is 12.2 Å². The van der Waals surface area contributed by atoms with Crippen LogP contribution in [0, 0.1) is 0 Å². The summed E-state index contributed by atoms with van der Waals surface area (Å²) >= 11 is 3.27. The molecule has 1 heterocycles. The Kier molecular flexibility index (Phi) is 5.02. The highest BCUT2D eigenvalue weighted by Gasteiger charge is 2.25. The molecule has 0 saturated heterocycles. The lowest BCUT2D eigenvalue weighted by Crippen LogP contribution is -2.22. The summed E-state index contributed by atoms with van der Waals surface area (Å²) in [4.78, 5) is 11.5. The fourth-order valence-electron chi connectivity index (χ4n) is 1.51. The molecule has 0 aliphatic rings. The molecular weight excluding hydrogens is 346 g/mol. The standard InChI is InChI=1S/C12H12BrN3O5/c13-6-1-3-7(4-2-6)14-15-10-9(16-21-12(10)20)11(19)8(18)5-17/h1-4,8,11,16-19H,5H2/t8-,11+/m0/s1. The van der Waals surface area contributed by atoms with Crippen LogP contribution in [-0.4, -0.2) is 33.2 Å². The molecule has 1 aromatic heterocycles. The number of nitrogens with zero attached hydrogens (tertiary/aromatic N) is 2. The fourth-order valence-corrected chi connectivity index (χ4v) is 1.78. The second-order valence-electron chi connectivity index (χ2n) is 4.13. The van der Waals surface area contributed by atoms with Crippen LogP contribution in [0.3, 0.4) is 0 Å². The molecule has 2 atom stereocenters. The molecule has 1 aromatic carbocycles. The third kappa shape index (κ3) is 3.64. The number of hydrogen-bond acceptors (Lipinski definition) is 7. The summed E-state index contributed by atoms with van der Waals surface area (Å²) in [6.45, 7) is -0.683. The van der Waals surface area contributed by atoms with Gasteiger partial charge in [-0.3, -0.25) is 0 Å². The van der Waals surface area contributed by atoms with Crippen LogP contribution < -0.4 is 5.63 Å². The van der Waals surface area contributed by atoms with E-state index in [4.69, 9.17) is 5.11 Å². The summed E-state index contributed by atoms with van der Waals surface area (Å²) in [7, 11) is 0. The average molecular weight is 358 g/mol. The van der Waals surface area contributed by atoms with Gasteiger partial charge in [-0.25, -0.2) is 9.95 Å². The number of halogens is 1. The molecule has 0 amide bonds. The van der Waals surface area contributed by atoms with Crippen LogP contribution in [-0.2, 0) is 0 Å². The van der Waals surface area contributed by atoms with E-state index in [1.54, 1.807) is 24.3 Å². The molecule has 9 heteroatoms. The number of aliphatic hydroxyl groups excluding tert-OH is 3. The van der Waals surface area contributed by atoms with Gasteiger partial charge in [0, 0.05) is 4.47 Å². The van der Waals surface area contributed by atoms with Crippen molar-refractivity contribution in [3.8, 4) is 0 Å². The number of benzene rings is 1. The number of azo groups is 1. The van der Waals surface area contributed by atoms with Crippen LogP contribution in [0.5, 0.6) is 0 Å². The lowest BCUT2D eigenvalue weighted by atomic mass is 10.1. The zero-order valence-corrected chi connectivity index (χ0v) is 12.2. The highest BCUT2D eigenvalue weighted by Crippen LogP contribution is 2.25. The number of H-pyrrole nitrogens is 1. The molecule has 0 fully saturated rings. The van der Waals surface area contributed by atoms with Gasteiger partial charge in [0.05, 0.1) is 12.3 Å². The molecule has 0 spiro atoms. The molecule has 0 aliphatic carbocycles. The zero-order chi connectivity index (χ0) is 15.4. The van der Waals surface area contributed by atoms with Crippen molar-refractivity contribution in [2.75, 3.05) is 6.61 Å². The van der Waals surface area contributed by atoms with Crippen molar-refractivity contribution >= 4 is 27.3 Å². The van der Waals surface area contributed by atoms with Crippen molar-refractivity contribution in [3.63, 3.8) is 0 Å². The molecule has 0 unspecified atom stereocenters. The Bertz CT molecular complexity index is 679. The second-order valence-corrected chi connectivity index (χ2v) is 5.04. The summed E-state index contributed by atoms with van der Waals surface area (Å²) < 4.78 is 5.39. The Hall–Kier alpha value is -1.81. The topological polar surface area (TPSA) is 131 Å². The molecule has 4 N–H and O–H groups in total.